The number of pyridine rings is 2. The monoisotopic (exact) mass is 482 g/mol. The van der Waals surface area contributed by atoms with Crippen LogP contribution in [0.1, 0.15) is 31.9 Å². The van der Waals surface area contributed by atoms with Gasteiger partial charge < -0.3 is 20.5 Å². The lowest BCUT2D eigenvalue weighted by molar-refractivity contribution is 0.256. The van der Waals surface area contributed by atoms with Crippen molar-refractivity contribution in [2.24, 2.45) is 10.7 Å². The number of anilines is 1. The predicted molar refractivity (Wildman–Crippen MR) is 144 cm³/mol. The lowest BCUT2D eigenvalue weighted by Crippen LogP contribution is -2.57. The summed E-state index contributed by atoms with van der Waals surface area (Å²) in [6, 6.07) is 6.06. The molecule has 2 fully saturated rings. The molecule has 184 valence electrons. The standard InChI is InChI=1S/C26H30N10/c1-3-17(29-21(4-2)36-14-16(27)15-36)18-8-9-20-22(30-18)24(34-33-20)25-31-19-10-11-28-26(23(19)32-25)35-12-6-5-7-13-35/h3-4,8-11,16H,2,5-7,12-15,27H2,1H3,(H,31,32)(H,33,34)/b17-3-,29-21+. The predicted octanol–water partition coefficient (Wildman–Crippen LogP) is 3.47. The SMILES string of the molecule is C=C/C(=N\C(=C/C)c1ccc2[nH]nc(-c3nc4c(N5CCCCC5)nccc4[nH]3)c2n1)N1CC(N)C1. The molecule has 0 aromatic carbocycles. The van der Waals surface area contributed by atoms with Crippen molar-refractivity contribution < 1.29 is 0 Å². The minimum atomic E-state index is 0.182. The van der Waals surface area contributed by atoms with Crippen LogP contribution in [0.4, 0.5) is 5.82 Å². The van der Waals surface area contributed by atoms with Crippen molar-refractivity contribution in [3.05, 3.63) is 48.8 Å². The summed E-state index contributed by atoms with van der Waals surface area (Å²) < 4.78 is 0. The Morgan fingerprint density at radius 2 is 1.94 bits per heavy atom. The Morgan fingerprint density at radius 1 is 1.11 bits per heavy atom. The molecule has 10 nitrogen and oxygen atoms in total. The second-order valence-electron chi connectivity index (χ2n) is 9.34. The summed E-state index contributed by atoms with van der Waals surface area (Å²) in [5.41, 5.74) is 11.5. The molecular weight excluding hydrogens is 452 g/mol. The number of nitrogens with one attached hydrogen (secondary N) is 2. The van der Waals surface area contributed by atoms with E-state index in [0.29, 0.717) is 11.5 Å². The molecule has 2 aliphatic rings. The molecule has 0 aliphatic carbocycles. The fourth-order valence-electron chi connectivity index (χ4n) is 4.92. The number of fused-ring (bicyclic) bond motifs is 2. The third-order valence-corrected chi connectivity index (χ3v) is 6.86. The van der Waals surface area contributed by atoms with E-state index in [-0.39, 0.29) is 6.04 Å². The third-order valence-electron chi connectivity index (χ3n) is 6.86. The molecule has 10 heteroatoms. The Hall–Kier alpha value is -4.05. The van der Waals surface area contributed by atoms with Crippen LogP contribution in [-0.4, -0.2) is 73.1 Å². The number of aromatic amines is 2. The molecule has 0 unspecified atom stereocenters. The number of likely N-dealkylation sites (tertiary alicyclic amines) is 1. The molecule has 0 bridgehead atoms. The number of hydrogen-bond donors (Lipinski definition) is 3. The summed E-state index contributed by atoms with van der Waals surface area (Å²) in [5, 5.41) is 7.65. The number of aliphatic imine (C=N–C) groups is 1. The molecule has 36 heavy (non-hydrogen) atoms. The number of amidine groups is 1. The smallest absolute Gasteiger partial charge is 0.161 e. The second-order valence-corrected chi connectivity index (χ2v) is 9.34. The first-order valence-electron chi connectivity index (χ1n) is 12.5. The van der Waals surface area contributed by atoms with Gasteiger partial charge in [0.15, 0.2) is 17.3 Å². The van der Waals surface area contributed by atoms with Crippen molar-refractivity contribution in [1.82, 2.24) is 35.0 Å². The highest BCUT2D eigenvalue weighted by molar-refractivity contribution is 5.97. The maximum absolute atomic E-state index is 5.95. The largest absolute Gasteiger partial charge is 0.355 e. The molecule has 0 saturated carbocycles. The van der Waals surface area contributed by atoms with Crippen LogP contribution in [-0.2, 0) is 0 Å². The number of allylic oxidation sites excluding steroid dienone is 1. The van der Waals surface area contributed by atoms with Crippen molar-refractivity contribution in [3.8, 4) is 11.5 Å². The number of aromatic nitrogens is 6. The minimum absolute atomic E-state index is 0.182. The van der Waals surface area contributed by atoms with Gasteiger partial charge in [-0.1, -0.05) is 12.7 Å². The number of rotatable bonds is 5. The molecule has 4 aromatic rings. The highest BCUT2D eigenvalue weighted by Crippen LogP contribution is 2.30. The molecule has 2 aliphatic heterocycles. The van der Waals surface area contributed by atoms with Gasteiger partial charge in [0, 0.05) is 38.4 Å². The van der Waals surface area contributed by atoms with Crippen LogP contribution in [0, 0.1) is 0 Å². The van der Waals surface area contributed by atoms with E-state index in [9.17, 15) is 0 Å². The summed E-state index contributed by atoms with van der Waals surface area (Å²) in [5.74, 6) is 2.39. The van der Waals surface area contributed by atoms with Crippen LogP contribution in [0.3, 0.4) is 0 Å². The van der Waals surface area contributed by atoms with Gasteiger partial charge in [-0.05, 0) is 50.5 Å². The zero-order chi connectivity index (χ0) is 24.6. The van der Waals surface area contributed by atoms with Crippen LogP contribution in [0.5, 0.6) is 0 Å². The van der Waals surface area contributed by atoms with Crippen LogP contribution < -0.4 is 10.6 Å². The van der Waals surface area contributed by atoms with Crippen molar-refractivity contribution in [3.63, 3.8) is 0 Å². The van der Waals surface area contributed by atoms with E-state index in [1.165, 1.54) is 19.3 Å². The van der Waals surface area contributed by atoms with E-state index >= 15 is 0 Å². The van der Waals surface area contributed by atoms with Gasteiger partial charge in [-0.3, -0.25) is 5.10 Å². The summed E-state index contributed by atoms with van der Waals surface area (Å²) in [6.45, 7) is 9.46. The highest BCUT2D eigenvalue weighted by Gasteiger charge is 2.25. The molecule has 0 atom stereocenters. The molecule has 4 N–H and O–H groups in total. The summed E-state index contributed by atoms with van der Waals surface area (Å²) in [4.78, 5) is 27.2. The maximum Gasteiger partial charge on any atom is 0.161 e. The molecule has 6 rings (SSSR count). The second kappa shape index (κ2) is 9.19. The maximum atomic E-state index is 5.95. The number of piperidine rings is 1. The Morgan fingerprint density at radius 3 is 2.69 bits per heavy atom. The zero-order valence-electron chi connectivity index (χ0n) is 20.4. The quantitative estimate of drug-likeness (QED) is 0.293. The van der Waals surface area contributed by atoms with Gasteiger partial charge in [0.05, 0.1) is 22.4 Å². The van der Waals surface area contributed by atoms with Crippen LogP contribution in [0.2, 0.25) is 0 Å². The molecule has 6 heterocycles. The molecule has 0 spiro atoms. The van der Waals surface area contributed by atoms with Gasteiger partial charge in [-0.2, -0.15) is 5.10 Å². The number of H-pyrrole nitrogens is 2. The van der Waals surface area contributed by atoms with Gasteiger partial charge >= 0.3 is 0 Å². The highest BCUT2D eigenvalue weighted by atomic mass is 15.3. The molecule has 0 radical (unpaired) electrons. The topological polar surface area (TPSA) is 128 Å². The van der Waals surface area contributed by atoms with E-state index in [0.717, 1.165) is 71.3 Å². The Bertz CT molecular complexity index is 1480. The number of hydrogen-bond acceptors (Lipinski definition) is 7. The van der Waals surface area contributed by atoms with Gasteiger partial charge in [0.25, 0.3) is 0 Å². The normalized spacial score (nSPS) is 17.7. The van der Waals surface area contributed by atoms with Gasteiger partial charge in [0.2, 0.25) is 0 Å². The van der Waals surface area contributed by atoms with Crippen molar-refractivity contribution in [2.75, 3.05) is 31.1 Å². The van der Waals surface area contributed by atoms with E-state index in [2.05, 4.69) is 36.5 Å². The lowest BCUT2D eigenvalue weighted by atomic mass is 10.1. The fraction of sp³-hybridized carbons (Fsp3) is 0.346. The summed E-state index contributed by atoms with van der Waals surface area (Å²) in [7, 11) is 0. The Labute approximate surface area is 209 Å². The van der Waals surface area contributed by atoms with E-state index < -0.39 is 0 Å². The Balaban J connectivity index is 1.38. The van der Waals surface area contributed by atoms with Crippen LogP contribution >= 0.6 is 0 Å². The third kappa shape index (κ3) is 3.93. The molecule has 2 saturated heterocycles. The minimum Gasteiger partial charge on any atom is -0.355 e. The number of nitrogens with two attached hydrogens (primary N) is 1. The number of nitrogens with zero attached hydrogens (tertiary/aromatic N) is 7. The van der Waals surface area contributed by atoms with Gasteiger partial charge in [-0.25, -0.2) is 19.9 Å². The van der Waals surface area contributed by atoms with Gasteiger partial charge in [0.1, 0.15) is 16.9 Å². The molecule has 0 amide bonds. The fourth-order valence-corrected chi connectivity index (χ4v) is 4.92. The van der Waals surface area contributed by atoms with Gasteiger partial charge in [-0.15, -0.1) is 0 Å². The van der Waals surface area contributed by atoms with Crippen molar-refractivity contribution in [1.29, 1.82) is 0 Å². The first-order valence-corrected chi connectivity index (χ1v) is 12.5. The van der Waals surface area contributed by atoms with Crippen LogP contribution in [0.15, 0.2) is 48.1 Å². The Kier molecular flexibility index (Phi) is 5.73. The van der Waals surface area contributed by atoms with Crippen molar-refractivity contribution >= 4 is 39.4 Å². The summed E-state index contributed by atoms with van der Waals surface area (Å²) >= 11 is 0. The average Bonchev–Trinajstić information content (AvgIpc) is 3.52. The van der Waals surface area contributed by atoms with E-state index in [1.807, 2.05) is 37.4 Å². The molecular formula is C26H30N10. The van der Waals surface area contributed by atoms with Crippen LogP contribution in [0.25, 0.3) is 39.3 Å². The first-order chi connectivity index (χ1) is 17.6. The number of imidazole rings is 1. The first kappa shape index (κ1) is 22.4. The lowest BCUT2D eigenvalue weighted by Gasteiger charge is -2.38. The van der Waals surface area contributed by atoms with E-state index in [4.69, 9.17) is 20.7 Å². The zero-order valence-corrected chi connectivity index (χ0v) is 20.4. The average molecular weight is 483 g/mol. The molecule has 4 aromatic heterocycles. The van der Waals surface area contributed by atoms with E-state index in [1.54, 1.807) is 6.08 Å². The summed E-state index contributed by atoms with van der Waals surface area (Å²) in [6.07, 6.45) is 9.18. The van der Waals surface area contributed by atoms with Crippen molar-refractivity contribution in [2.45, 2.75) is 32.2 Å².